The number of amides is 2. The highest BCUT2D eigenvalue weighted by atomic mass is 16.2. The Morgan fingerprint density at radius 1 is 1.12 bits per heavy atom. The molecule has 0 atom stereocenters. The fourth-order valence-corrected chi connectivity index (χ4v) is 3.94. The van der Waals surface area contributed by atoms with Crippen molar-refractivity contribution in [2.24, 2.45) is 5.73 Å². The van der Waals surface area contributed by atoms with Crippen molar-refractivity contribution < 1.29 is 9.59 Å². The Morgan fingerprint density at radius 3 is 2.42 bits per heavy atom. The second-order valence-corrected chi connectivity index (χ2v) is 6.99. The zero-order valence-electron chi connectivity index (χ0n) is 15.1. The first-order valence-corrected chi connectivity index (χ1v) is 9.19. The van der Waals surface area contributed by atoms with E-state index in [2.05, 4.69) is 0 Å². The van der Waals surface area contributed by atoms with Gasteiger partial charge in [0.15, 0.2) is 0 Å². The topological polar surface area (TPSA) is 85.4 Å². The van der Waals surface area contributed by atoms with Crippen LogP contribution in [0.2, 0.25) is 0 Å². The lowest BCUT2D eigenvalue weighted by atomic mass is 10.0. The van der Waals surface area contributed by atoms with Crippen LogP contribution in [0.1, 0.15) is 45.4 Å². The molecule has 1 saturated carbocycles. The molecule has 0 spiro atoms. The number of anilines is 1. The van der Waals surface area contributed by atoms with Crippen LogP contribution in [0.15, 0.2) is 35.3 Å². The minimum atomic E-state index is -0.563. The van der Waals surface area contributed by atoms with E-state index in [4.69, 9.17) is 5.73 Å². The van der Waals surface area contributed by atoms with Crippen molar-refractivity contribution in [2.45, 2.75) is 58.0 Å². The number of carbonyl (C=O) groups is 2. The molecule has 1 aromatic carbocycles. The summed E-state index contributed by atoms with van der Waals surface area (Å²) >= 11 is 0. The van der Waals surface area contributed by atoms with Gasteiger partial charge in [0.2, 0.25) is 11.8 Å². The number of primary amides is 1. The molecule has 3 rings (SSSR count). The van der Waals surface area contributed by atoms with Crippen LogP contribution in [0, 0.1) is 0 Å². The van der Waals surface area contributed by atoms with Crippen molar-refractivity contribution >= 4 is 28.3 Å². The number of aromatic nitrogens is 1. The van der Waals surface area contributed by atoms with E-state index in [1.165, 1.54) is 17.4 Å². The summed E-state index contributed by atoms with van der Waals surface area (Å²) in [5.74, 6) is -0.572. The molecule has 2 N–H and O–H groups in total. The molecule has 0 bridgehead atoms. The Morgan fingerprint density at radius 2 is 1.81 bits per heavy atom. The largest absolute Gasteiger partial charge is 0.368 e. The second-order valence-electron chi connectivity index (χ2n) is 6.99. The lowest BCUT2D eigenvalue weighted by Gasteiger charge is -2.31. The summed E-state index contributed by atoms with van der Waals surface area (Å²) in [7, 11) is 0. The van der Waals surface area contributed by atoms with E-state index in [0.29, 0.717) is 5.39 Å². The van der Waals surface area contributed by atoms with E-state index >= 15 is 0 Å². The third kappa shape index (κ3) is 3.64. The van der Waals surface area contributed by atoms with Crippen LogP contribution in [0.3, 0.4) is 0 Å². The SMILES string of the molecule is CC(=O)N(c1cccc2c(=O)n(CC(N)=O)ccc12)C1CCCCCC1. The van der Waals surface area contributed by atoms with Crippen molar-refractivity contribution in [3.63, 3.8) is 0 Å². The maximum Gasteiger partial charge on any atom is 0.258 e. The van der Waals surface area contributed by atoms with E-state index in [1.54, 1.807) is 31.3 Å². The van der Waals surface area contributed by atoms with E-state index < -0.39 is 5.91 Å². The third-order valence-electron chi connectivity index (χ3n) is 5.11. The molecule has 1 fully saturated rings. The third-order valence-corrected chi connectivity index (χ3v) is 5.11. The summed E-state index contributed by atoms with van der Waals surface area (Å²) in [4.78, 5) is 38.2. The summed E-state index contributed by atoms with van der Waals surface area (Å²) in [5, 5.41) is 1.23. The quantitative estimate of drug-likeness (QED) is 0.855. The van der Waals surface area contributed by atoms with Crippen LogP contribution in [-0.2, 0) is 16.1 Å². The Kier molecular flexibility index (Phi) is 5.40. The van der Waals surface area contributed by atoms with Crippen molar-refractivity contribution in [3.05, 3.63) is 40.8 Å². The first-order chi connectivity index (χ1) is 12.5. The number of carbonyl (C=O) groups excluding carboxylic acids is 2. The molecular weight excluding hydrogens is 330 g/mol. The molecule has 2 amide bonds. The molecule has 6 nitrogen and oxygen atoms in total. The molecule has 1 heterocycles. The molecule has 6 heteroatoms. The molecule has 1 aliphatic carbocycles. The van der Waals surface area contributed by atoms with Gasteiger partial charge in [-0.05, 0) is 31.0 Å². The minimum Gasteiger partial charge on any atom is -0.368 e. The zero-order chi connectivity index (χ0) is 18.7. The van der Waals surface area contributed by atoms with Gasteiger partial charge in [0, 0.05) is 29.9 Å². The normalized spacial score (nSPS) is 15.6. The molecule has 26 heavy (non-hydrogen) atoms. The fraction of sp³-hybridized carbons (Fsp3) is 0.450. The van der Waals surface area contributed by atoms with Gasteiger partial charge in [-0.1, -0.05) is 31.7 Å². The van der Waals surface area contributed by atoms with Crippen LogP contribution in [0.5, 0.6) is 0 Å². The first kappa shape index (κ1) is 18.2. The van der Waals surface area contributed by atoms with Crippen LogP contribution in [0.25, 0.3) is 10.8 Å². The number of benzene rings is 1. The maximum absolute atomic E-state index is 12.7. The Bertz CT molecular complexity index is 879. The molecule has 0 saturated heterocycles. The van der Waals surface area contributed by atoms with E-state index in [-0.39, 0.29) is 24.1 Å². The Hall–Kier alpha value is -2.63. The average molecular weight is 355 g/mol. The number of nitrogens with two attached hydrogens (primary N) is 1. The second kappa shape index (κ2) is 7.72. The number of hydrogen-bond donors (Lipinski definition) is 1. The number of nitrogens with zero attached hydrogens (tertiary/aromatic N) is 2. The van der Waals surface area contributed by atoms with Crippen LogP contribution in [0.4, 0.5) is 5.69 Å². The number of hydrogen-bond acceptors (Lipinski definition) is 3. The molecule has 2 aromatic rings. The van der Waals surface area contributed by atoms with Gasteiger partial charge in [-0.15, -0.1) is 0 Å². The Balaban J connectivity index is 2.10. The summed E-state index contributed by atoms with van der Waals surface area (Å²) in [6.45, 7) is 1.43. The van der Waals surface area contributed by atoms with E-state index in [9.17, 15) is 14.4 Å². The van der Waals surface area contributed by atoms with Crippen molar-refractivity contribution in [3.8, 4) is 0 Å². The highest BCUT2D eigenvalue weighted by molar-refractivity contribution is 6.03. The molecule has 1 aromatic heterocycles. The zero-order valence-corrected chi connectivity index (χ0v) is 15.1. The number of fused-ring (bicyclic) bond motifs is 1. The van der Waals surface area contributed by atoms with Gasteiger partial charge in [-0.25, -0.2) is 0 Å². The van der Waals surface area contributed by atoms with Gasteiger partial charge < -0.3 is 15.2 Å². The number of rotatable bonds is 4. The van der Waals surface area contributed by atoms with Gasteiger partial charge >= 0.3 is 0 Å². The maximum atomic E-state index is 12.7. The molecule has 0 radical (unpaired) electrons. The average Bonchev–Trinajstić information content (AvgIpc) is 2.87. The van der Waals surface area contributed by atoms with Gasteiger partial charge in [-0.2, -0.15) is 0 Å². The predicted molar refractivity (Wildman–Crippen MR) is 102 cm³/mol. The molecule has 138 valence electrons. The predicted octanol–water partition coefficient (Wildman–Crippen LogP) is 2.56. The van der Waals surface area contributed by atoms with Crippen molar-refractivity contribution in [2.75, 3.05) is 4.90 Å². The monoisotopic (exact) mass is 355 g/mol. The highest BCUT2D eigenvalue weighted by Gasteiger charge is 2.25. The molecule has 0 unspecified atom stereocenters. The van der Waals surface area contributed by atoms with Gasteiger partial charge in [0.25, 0.3) is 5.56 Å². The standard InChI is InChI=1S/C20H25N3O3/c1-14(24)23(15-7-4-2-3-5-8-15)18-10-6-9-17-16(18)11-12-22(20(17)26)13-19(21)25/h6,9-12,15H,2-5,7-8,13H2,1H3,(H2,21,25). The van der Waals surface area contributed by atoms with Crippen LogP contribution >= 0.6 is 0 Å². The number of pyridine rings is 1. The van der Waals surface area contributed by atoms with Gasteiger partial charge in [0.1, 0.15) is 6.54 Å². The van der Waals surface area contributed by atoms with Crippen molar-refractivity contribution in [1.82, 2.24) is 4.57 Å². The van der Waals surface area contributed by atoms with E-state index in [1.807, 2.05) is 11.0 Å². The van der Waals surface area contributed by atoms with Gasteiger partial charge in [-0.3, -0.25) is 14.4 Å². The smallest absolute Gasteiger partial charge is 0.258 e. The molecule has 1 aliphatic rings. The van der Waals surface area contributed by atoms with Gasteiger partial charge in [0.05, 0.1) is 5.69 Å². The lowest BCUT2D eigenvalue weighted by Crippen LogP contribution is -2.39. The summed E-state index contributed by atoms with van der Waals surface area (Å²) in [6.07, 6.45) is 8.17. The highest BCUT2D eigenvalue weighted by Crippen LogP contribution is 2.31. The van der Waals surface area contributed by atoms with Crippen molar-refractivity contribution in [1.29, 1.82) is 0 Å². The molecule has 0 aliphatic heterocycles. The van der Waals surface area contributed by atoms with E-state index in [0.717, 1.165) is 36.8 Å². The first-order valence-electron chi connectivity index (χ1n) is 9.19. The summed E-state index contributed by atoms with van der Waals surface area (Å²) < 4.78 is 1.30. The Labute approximate surface area is 152 Å². The fourth-order valence-electron chi connectivity index (χ4n) is 3.94. The van der Waals surface area contributed by atoms with Crippen LogP contribution < -0.4 is 16.2 Å². The minimum absolute atomic E-state index is 0.00860. The summed E-state index contributed by atoms with van der Waals surface area (Å²) in [5.41, 5.74) is 5.71. The molecular formula is C20H25N3O3. The van der Waals surface area contributed by atoms with Crippen LogP contribution in [-0.4, -0.2) is 22.4 Å². The lowest BCUT2D eigenvalue weighted by molar-refractivity contribution is -0.119. The summed E-state index contributed by atoms with van der Waals surface area (Å²) in [6, 6.07) is 7.37.